The van der Waals surface area contributed by atoms with Gasteiger partial charge < -0.3 is 10.3 Å². The SMILES string of the molecule is CC1NCCCC1c1cccc2cc[nH]c12. The molecular weight excluding hydrogens is 196 g/mol. The van der Waals surface area contributed by atoms with Crippen molar-refractivity contribution in [1.82, 2.24) is 10.3 Å². The van der Waals surface area contributed by atoms with Crippen molar-refractivity contribution in [3.8, 4) is 0 Å². The third-order valence-corrected chi connectivity index (χ3v) is 3.78. The van der Waals surface area contributed by atoms with Gasteiger partial charge in [-0.15, -0.1) is 0 Å². The summed E-state index contributed by atoms with van der Waals surface area (Å²) in [6.45, 7) is 3.46. The smallest absolute Gasteiger partial charge is 0.0489 e. The highest BCUT2D eigenvalue weighted by molar-refractivity contribution is 5.83. The fourth-order valence-electron chi connectivity index (χ4n) is 2.89. The van der Waals surface area contributed by atoms with E-state index < -0.39 is 0 Å². The van der Waals surface area contributed by atoms with Crippen LogP contribution in [0.3, 0.4) is 0 Å². The van der Waals surface area contributed by atoms with E-state index >= 15 is 0 Å². The van der Waals surface area contributed by atoms with Gasteiger partial charge in [0.2, 0.25) is 0 Å². The number of fused-ring (bicyclic) bond motifs is 1. The summed E-state index contributed by atoms with van der Waals surface area (Å²) in [6, 6.07) is 9.36. The highest BCUT2D eigenvalue weighted by atomic mass is 14.9. The molecule has 1 saturated heterocycles. The Morgan fingerprint density at radius 1 is 1.25 bits per heavy atom. The molecule has 0 aliphatic carbocycles. The fraction of sp³-hybridized carbons (Fsp3) is 0.429. The zero-order valence-corrected chi connectivity index (χ0v) is 9.66. The van der Waals surface area contributed by atoms with Gasteiger partial charge >= 0.3 is 0 Å². The Morgan fingerprint density at radius 2 is 2.19 bits per heavy atom. The van der Waals surface area contributed by atoms with E-state index in [-0.39, 0.29) is 0 Å². The summed E-state index contributed by atoms with van der Waals surface area (Å²) < 4.78 is 0. The molecule has 2 nitrogen and oxygen atoms in total. The van der Waals surface area contributed by atoms with E-state index in [4.69, 9.17) is 0 Å². The standard InChI is InChI=1S/C14H18N2/c1-10-12(6-3-8-15-10)13-5-2-4-11-7-9-16-14(11)13/h2,4-5,7,9-10,12,15-16H,3,6,8H2,1H3. The Kier molecular flexibility index (Phi) is 2.44. The normalized spacial score (nSPS) is 26.1. The molecule has 1 fully saturated rings. The second kappa shape index (κ2) is 3.95. The number of hydrogen-bond acceptors (Lipinski definition) is 1. The van der Waals surface area contributed by atoms with Crippen molar-refractivity contribution in [3.63, 3.8) is 0 Å². The second-order valence-electron chi connectivity index (χ2n) is 4.78. The van der Waals surface area contributed by atoms with Gasteiger partial charge in [0.15, 0.2) is 0 Å². The van der Waals surface area contributed by atoms with Crippen LogP contribution in [0.1, 0.15) is 31.2 Å². The van der Waals surface area contributed by atoms with Crippen LogP contribution in [0.25, 0.3) is 10.9 Å². The molecule has 16 heavy (non-hydrogen) atoms. The number of H-pyrrole nitrogens is 1. The van der Waals surface area contributed by atoms with Gasteiger partial charge in [-0.25, -0.2) is 0 Å². The van der Waals surface area contributed by atoms with Gasteiger partial charge in [-0.1, -0.05) is 18.2 Å². The molecule has 0 bridgehead atoms. The minimum Gasteiger partial charge on any atom is -0.361 e. The molecule has 0 spiro atoms. The number of aromatic nitrogens is 1. The predicted molar refractivity (Wildman–Crippen MR) is 67.7 cm³/mol. The van der Waals surface area contributed by atoms with Crippen molar-refractivity contribution >= 4 is 10.9 Å². The summed E-state index contributed by atoms with van der Waals surface area (Å²) in [5.41, 5.74) is 2.80. The highest BCUT2D eigenvalue weighted by Gasteiger charge is 2.23. The van der Waals surface area contributed by atoms with Gasteiger partial charge in [-0.05, 0) is 43.3 Å². The van der Waals surface area contributed by atoms with Gasteiger partial charge in [0.05, 0.1) is 0 Å². The highest BCUT2D eigenvalue weighted by Crippen LogP contribution is 2.32. The van der Waals surface area contributed by atoms with Gasteiger partial charge in [0, 0.05) is 23.7 Å². The Balaban J connectivity index is 2.07. The number of benzene rings is 1. The average molecular weight is 214 g/mol. The maximum Gasteiger partial charge on any atom is 0.0489 e. The Bertz CT molecular complexity index is 486. The van der Waals surface area contributed by atoms with E-state index in [0.29, 0.717) is 12.0 Å². The van der Waals surface area contributed by atoms with Crippen molar-refractivity contribution in [3.05, 3.63) is 36.0 Å². The molecule has 1 aliphatic heterocycles. The zero-order chi connectivity index (χ0) is 11.0. The number of rotatable bonds is 1. The summed E-state index contributed by atoms with van der Waals surface area (Å²) in [5, 5.41) is 4.90. The molecule has 1 aromatic carbocycles. The van der Waals surface area contributed by atoms with E-state index in [2.05, 4.69) is 41.5 Å². The first-order chi connectivity index (χ1) is 7.86. The quantitative estimate of drug-likeness (QED) is 0.750. The lowest BCUT2D eigenvalue weighted by Gasteiger charge is -2.30. The molecule has 2 unspecified atom stereocenters. The van der Waals surface area contributed by atoms with E-state index in [0.717, 1.165) is 0 Å². The van der Waals surface area contributed by atoms with Crippen LogP contribution >= 0.6 is 0 Å². The maximum atomic E-state index is 3.57. The molecule has 0 amide bonds. The summed E-state index contributed by atoms with van der Waals surface area (Å²) in [4.78, 5) is 3.38. The lowest BCUT2D eigenvalue weighted by atomic mass is 9.85. The number of hydrogen-bond donors (Lipinski definition) is 2. The Labute approximate surface area is 96.1 Å². The number of aromatic amines is 1. The van der Waals surface area contributed by atoms with Crippen molar-refractivity contribution in [2.24, 2.45) is 0 Å². The number of piperidine rings is 1. The van der Waals surface area contributed by atoms with Crippen molar-refractivity contribution < 1.29 is 0 Å². The lowest BCUT2D eigenvalue weighted by molar-refractivity contribution is 0.372. The van der Waals surface area contributed by atoms with E-state index in [1.165, 1.54) is 35.9 Å². The first-order valence-electron chi connectivity index (χ1n) is 6.15. The molecule has 2 aromatic rings. The average Bonchev–Trinajstić information content (AvgIpc) is 2.77. The predicted octanol–water partition coefficient (Wildman–Crippen LogP) is 3.02. The molecular formula is C14H18N2. The molecule has 3 rings (SSSR count). The van der Waals surface area contributed by atoms with Crippen LogP contribution in [0.5, 0.6) is 0 Å². The first-order valence-corrected chi connectivity index (χ1v) is 6.15. The molecule has 2 heteroatoms. The van der Waals surface area contributed by atoms with Crippen LogP contribution in [-0.2, 0) is 0 Å². The summed E-state index contributed by atoms with van der Waals surface area (Å²) in [6.07, 6.45) is 4.62. The topological polar surface area (TPSA) is 27.8 Å². The molecule has 1 aromatic heterocycles. The molecule has 2 heterocycles. The third kappa shape index (κ3) is 1.54. The van der Waals surface area contributed by atoms with Crippen molar-refractivity contribution in [1.29, 1.82) is 0 Å². The van der Waals surface area contributed by atoms with Crippen molar-refractivity contribution in [2.75, 3.05) is 6.54 Å². The lowest BCUT2D eigenvalue weighted by Crippen LogP contribution is -2.37. The van der Waals surface area contributed by atoms with Gasteiger partial charge in [0.1, 0.15) is 0 Å². The van der Waals surface area contributed by atoms with E-state index in [1.807, 2.05) is 6.20 Å². The van der Waals surface area contributed by atoms with Crippen LogP contribution < -0.4 is 5.32 Å². The Hall–Kier alpha value is -1.28. The molecule has 0 radical (unpaired) electrons. The first kappa shape index (κ1) is 9.91. The largest absolute Gasteiger partial charge is 0.361 e. The van der Waals surface area contributed by atoms with Crippen LogP contribution in [0.15, 0.2) is 30.5 Å². The summed E-state index contributed by atoms with van der Waals surface area (Å²) in [7, 11) is 0. The molecule has 84 valence electrons. The molecule has 0 saturated carbocycles. The third-order valence-electron chi connectivity index (χ3n) is 3.78. The molecule has 1 aliphatic rings. The Morgan fingerprint density at radius 3 is 3.06 bits per heavy atom. The van der Waals surface area contributed by atoms with Crippen LogP contribution in [0, 0.1) is 0 Å². The monoisotopic (exact) mass is 214 g/mol. The fourth-order valence-corrected chi connectivity index (χ4v) is 2.89. The van der Waals surface area contributed by atoms with Crippen LogP contribution in [-0.4, -0.2) is 17.6 Å². The van der Waals surface area contributed by atoms with Crippen LogP contribution in [0.4, 0.5) is 0 Å². The van der Waals surface area contributed by atoms with Gasteiger partial charge in [0.25, 0.3) is 0 Å². The summed E-state index contributed by atoms with van der Waals surface area (Å²) >= 11 is 0. The van der Waals surface area contributed by atoms with E-state index in [9.17, 15) is 0 Å². The van der Waals surface area contributed by atoms with E-state index in [1.54, 1.807) is 0 Å². The maximum absolute atomic E-state index is 3.57. The molecule has 2 N–H and O–H groups in total. The summed E-state index contributed by atoms with van der Waals surface area (Å²) in [5.74, 6) is 0.649. The van der Waals surface area contributed by atoms with Gasteiger partial charge in [-0.3, -0.25) is 0 Å². The second-order valence-corrected chi connectivity index (χ2v) is 4.78. The van der Waals surface area contributed by atoms with Crippen molar-refractivity contribution in [2.45, 2.75) is 31.7 Å². The van der Waals surface area contributed by atoms with Crippen LogP contribution in [0.2, 0.25) is 0 Å². The number of nitrogens with one attached hydrogen (secondary N) is 2. The number of para-hydroxylation sites is 1. The minimum atomic E-state index is 0.586. The van der Waals surface area contributed by atoms with Gasteiger partial charge in [-0.2, -0.15) is 0 Å². The minimum absolute atomic E-state index is 0.586. The molecule has 2 atom stereocenters. The zero-order valence-electron chi connectivity index (χ0n) is 9.66.